The van der Waals surface area contributed by atoms with Crippen molar-refractivity contribution in [3.8, 4) is 0 Å². The summed E-state index contributed by atoms with van der Waals surface area (Å²) in [5.41, 5.74) is 5.48. The summed E-state index contributed by atoms with van der Waals surface area (Å²) < 4.78 is 0. The lowest BCUT2D eigenvalue weighted by Crippen LogP contribution is -2.50. The van der Waals surface area contributed by atoms with Crippen LogP contribution in [0.25, 0.3) is 0 Å². The molecule has 5 nitrogen and oxygen atoms in total. The molecule has 102 valence electrons. The van der Waals surface area contributed by atoms with Gasteiger partial charge >= 0.3 is 0 Å². The average Bonchev–Trinajstić information content (AvgIpc) is 2.77. The van der Waals surface area contributed by atoms with Crippen LogP contribution >= 0.6 is 0 Å². The number of nitrogens with one attached hydrogen (secondary N) is 1. The van der Waals surface area contributed by atoms with Crippen LogP contribution in [0.15, 0.2) is 0 Å². The summed E-state index contributed by atoms with van der Waals surface area (Å²) in [6.07, 6.45) is 3.57. The van der Waals surface area contributed by atoms with Gasteiger partial charge in [-0.2, -0.15) is 0 Å². The number of hydrogen-bond acceptors (Lipinski definition) is 3. The van der Waals surface area contributed by atoms with Crippen molar-refractivity contribution in [2.45, 2.75) is 38.6 Å². The van der Waals surface area contributed by atoms with E-state index < -0.39 is 0 Å². The second kappa shape index (κ2) is 5.69. The van der Waals surface area contributed by atoms with E-state index in [2.05, 4.69) is 5.32 Å². The fourth-order valence-electron chi connectivity index (χ4n) is 3.06. The smallest absolute Gasteiger partial charge is 0.225 e. The minimum Gasteiger partial charge on any atom is -0.354 e. The molecule has 0 aromatic rings. The van der Waals surface area contributed by atoms with Gasteiger partial charge in [-0.3, -0.25) is 9.59 Å². The van der Waals surface area contributed by atoms with E-state index in [0.29, 0.717) is 13.1 Å². The minimum absolute atomic E-state index is 0.0167. The summed E-state index contributed by atoms with van der Waals surface area (Å²) in [6, 6.07) is 0.0825. The molecule has 2 aliphatic rings. The third kappa shape index (κ3) is 2.51. The SMILES string of the molecule is CC(CCCN)C(=O)N1CCCC2C(=O)NCC21. The molecule has 0 bridgehead atoms. The zero-order chi connectivity index (χ0) is 13.1. The first-order chi connectivity index (χ1) is 8.65. The molecule has 2 rings (SSSR count). The number of carbonyl (C=O) groups excluding carboxylic acids is 2. The summed E-state index contributed by atoms with van der Waals surface area (Å²) in [6.45, 7) is 4.01. The quantitative estimate of drug-likeness (QED) is 0.746. The van der Waals surface area contributed by atoms with E-state index in [4.69, 9.17) is 5.73 Å². The predicted octanol–water partition coefficient (Wildman–Crippen LogP) is 0.0984. The third-order valence-electron chi connectivity index (χ3n) is 4.15. The molecule has 18 heavy (non-hydrogen) atoms. The highest BCUT2D eigenvalue weighted by Gasteiger charge is 2.43. The van der Waals surface area contributed by atoms with Crippen molar-refractivity contribution in [2.24, 2.45) is 17.6 Å². The maximum absolute atomic E-state index is 12.4. The van der Waals surface area contributed by atoms with Crippen LogP contribution in [-0.4, -0.2) is 42.4 Å². The molecule has 0 saturated carbocycles. The number of hydrogen-bond donors (Lipinski definition) is 2. The van der Waals surface area contributed by atoms with Gasteiger partial charge in [0.25, 0.3) is 0 Å². The highest BCUT2D eigenvalue weighted by atomic mass is 16.2. The van der Waals surface area contributed by atoms with Gasteiger partial charge < -0.3 is 16.0 Å². The summed E-state index contributed by atoms with van der Waals surface area (Å²) >= 11 is 0. The molecule has 2 amide bonds. The van der Waals surface area contributed by atoms with Crippen molar-refractivity contribution in [3.63, 3.8) is 0 Å². The Kier molecular flexibility index (Phi) is 4.22. The van der Waals surface area contributed by atoms with E-state index in [-0.39, 0.29) is 29.7 Å². The Labute approximate surface area is 108 Å². The zero-order valence-electron chi connectivity index (χ0n) is 11.0. The first-order valence-electron chi connectivity index (χ1n) is 6.93. The Morgan fingerprint density at radius 2 is 2.39 bits per heavy atom. The standard InChI is InChI=1S/C13H23N3O2/c1-9(4-2-6-14)13(18)16-7-3-5-10-11(16)8-15-12(10)17/h9-11H,2-8,14H2,1H3,(H,15,17). The first-order valence-corrected chi connectivity index (χ1v) is 6.93. The number of rotatable bonds is 4. The van der Waals surface area contributed by atoms with Gasteiger partial charge in [-0.05, 0) is 32.2 Å². The van der Waals surface area contributed by atoms with Crippen LogP contribution in [0.3, 0.4) is 0 Å². The van der Waals surface area contributed by atoms with Crippen LogP contribution in [-0.2, 0) is 9.59 Å². The van der Waals surface area contributed by atoms with Crippen LogP contribution in [0, 0.1) is 11.8 Å². The van der Waals surface area contributed by atoms with Gasteiger partial charge in [0.1, 0.15) is 0 Å². The second-order valence-electron chi connectivity index (χ2n) is 5.42. The number of likely N-dealkylation sites (tertiary alicyclic amines) is 1. The summed E-state index contributed by atoms with van der Waals surface area (Å²) in [7, 11) is 0. The summed E-state index contributed by atoms with van der Waals surface area (Å²) in [4.78, 5) is 26.0. The van der Waals surface area contributed by atoms with Crippen LogP contribution in [0.5, 0.6) is 0 Å². The Morgan fingerprint density at radius 1 is 1.61 bits per heavy atom. The second-order valence-corrected chi connectivity index (χ2v) is 5.42. The summed E-state index contributed by atoms with van der Waals surface area (Å²) in [5.74, 6) is 0.342. The van der Waals surface area contributed by atoms with Crippen molar-refractivity contribution in [3.05, 3.63) is 0 Å². The van der Waals surface area contributed by atoms with E-state index in [1.807, 2.05) is 11.8 Å². The molecule has 3 atom stereocenters. The Bertz CT molecular complexity index is 332. The van der Waals surface area contributed by atoms with E-state index in [1.165, 1.54) is 0 Å². The third-order valence-corrected chi connectivity index (χ3v) is 4.15. The molecule has 3 N–H and O–H groups in total. The Balaban J connectivity index is 1.99. The van der Waals surface area contributed by atoms with Crippen LogP contribution in [0.1, 0.15) is 32.6 Å². The maximum atomic E-state index is 12.4. The van der Waals surface area contributed by atoms with E-state index in [0.717, 1.165) is 32.2 Å². The molecule has 2 fully saturated rings. The maximum Gasteiger partial charge on any atom is 0.225 e. The van der Waals surface area contributed by atoms with Crippen molar-refractivity contribution in [1.29, 1.82) is 0 Å². The highest BCUT2D eigenvalue weighted by molar-refractivity contribution is 5.85. The fourth-order valence-corrected chi connectivity index (χ4v) is 3.06. The molecule has 2 saturated heterocycles. The Morgan fingerprint density at radius 3 is 3.11 bits per heavy atom. The first kappa shape index (κ1) is 13.3. The molecule has 2 aliphatic heterocycles. The van der Waals surface area contributed by atoms with Gasteiger partial charge in [-0.15, -0.1) is 0 Å². The van der Waals surface area contributed by atoms with E-state index in [9.17, 15) is 9.59 Å². The number of nitrogens with zero attached hydrogens (tertiary/aromatic N) is 1. The van der Waals surface area contributed by atoms with Gasteiger partial charge in [-0.25, -0.2) is 0 Å². The number of carbonyl (C=O) groups is 2. The van der Waals surface area contributed by atoms with E-state index >= 15 is 0 Å². The molecule has 3 unspecified atom stereocenters. The van der Waals surface area contributed by atoms with Crippen molar-refractivity contribution < 1.29 is 9.59 Å². The Hall–Kier alpha value is -1.10. The average molecular weight is 253 g/mol. The summed E-state index contributed by atoms with van der Waals surface area (Å²) in [5, 5.41) is 2.88. The molecule has 0 aromatic carbocycles. The van der Waals surface area contributed by atoms with Gasteiger partial charge in [0, 0.05) is 19.0 Å². The number of piperidine rings is 1. The van der Waals surface area contributed by atoms with Crippen LogP contribution in [0.2, 0.25) is 0 Å². The molecule has 5 heteroatoms. The number of fused-ring (bicyclic) bond motifs is 1. The number of amides is 2. The van der Waals surface area contributed by atoms with Gasteiger partial charge in [-0.1, -0.05) is 6.92 Å². The van der Waals surface area contributed by atoms with Gasteiger partial charge in [0.2, 0.25) is 11.8 Å². The largest absolute Gasteiger partial charge is 0.354 e. The molecule has 0 aliphatic carbocycles. The van der Waals surface area contributed by atoms with Gasteiger partial charge in [0.05, 0.1) is 12.0 Å². The zero-order valence-corrected chi connectivity index (χ0v) is 11.0. The molecule has 0 aromatic heterocycles. The van der Waals surface area contributed by atoms with Gasteiger partial charge in [0.15, 0.2) is 0 Å². The topological polar surface area (TPSA) is 75.4 Å². The lowest BCUT2D eigenvalue weighted by molar-refractivity contribution is -0.140. The van der Waals surface area contributed by atoms with Crippen LogP contribution in [0.4, 0.5) is 0 Å². The lowest BCUT2D eigenvalue weighted by Gasteiger charge is -2.37. The molecule has 0 spiro atoms. The van der Waals surface area contributed by atoms with Crippen LogP contribution < -0.4 is 11.1 Å². The van der Waals surface area contributed by atoms with Crippen molar-refractivity contribution >= 4 is 11.8 Å². The van der Waals surface area contributed by atoms with Crippen molar-refractivity contribution in [1.82, 2.24) is 10.2 Å². The lowest BCUT2D eigenvalue weighted by atomic mass is 9.90. The number of nitrogens with two attached hydrogens (primary N) is 1. The predicted molar refractivity (Wildman–Crippen MR) is 68.7 cm³/mol. The minimum atomic E-state index is 0.0167. The van der Waals surface area contributed by atoms with Crippen molar-refractivity contribution in [2.75, 3.05) is 19.6 Å². The molecular weight excluding hydrogens is 230 g/mol. The molecule has 2 heterocycles. The van der Waals surface area contributed by atoms with E-state index in [1.54, 1.807) is 0 Å². The highest BCUT2D eigenvalue weighted by Crippen LogP contribution is 2.28. The molecular formula is C13H23N3O2. The molecule has 0 radical (unpaired) electrons. The normalized spacial score (nSPS) is 28.8. The fraction of sp³-hybridized carbons (Fsp3) is 0.846. The monoisotopic (exact) mass is 253 g/mol.